The molecule has 0 aromatic heterocycles. The molecule has 0 amide bonds. The third-order valence-electron chi connectivity index (χ3n) is 5.94. The maximum Gasteiger partial charge on any atom is 0.0150 e. The van der Waals surface area contributed by atoms with Crippen LogP contribution in [0.3, 0.4) is 0 Å². The first-order valence-corrected chi connectivity index (χ1v) is 8.33. The molecule has 0 aromatic rings. The van der Waals surface area contributed by atoms with Gasteiger partial charge in [-0.3, -0.25) is 0 Å². The number of hydrogen-bond acceptors (Lipinski definition) is 1. The van der Waals surface area contributed by atoms with E-state index in [4.69, 9.17) is 5.73 Å². The summed E-state index contributed by atoms with van der Waals surface area (Å²) in [4.78, 5) is 0. The molecule has 1 fully saturated rings. The van der Waals surface area contributed by atoms with Crippen LogP contribution >= 0.6 is 22.6 Å². The van der Waals surface area contributed by atoms with Gasteiger partial charge in [0.15, 0.2) is 0 Å². The minimum Gasteiger partial charge on any atom is -0.330 e. The lowest BCUT2D eigenvalue weighted by Crippen LogP contribution is -2.30. The first-order chi connectivity index (χ1) is 7.75. The Morgan fingerprint density at radius 1 is 1.18 bits per heavy atom. The average Bonchev–Trinajstić information content (AvgIpc) is 2.40. The van der Waals surface area contributed by atoms with Gasteiger partial charge < -0.3 is 5.73 Å². The highest BCUT2D eigenvalue weighted by atomic mass is 127. The molecular formula is C15H30IN. The molecular weight excluding hydrogens is 321 g/mol. The Morgan fingerprint density at radius 2 is 1.71 bits per heavy atom. The summed E-state index contributed by atoms with van der Waals surface area (Å²) < 4.78 is 0.730. The third kappa shape index (κ3) is 2.83. The summed E-state index contributed by atoms with van der Waals surface area (Å²) in [5.41, 5.74) is 6.19. The quantitative estimate of drug-likeness (QED) is 0.592. The van der Waals surface area contributed by atoms with Gasteiger partial charge in [-0.15, -0.1) is 0 Å². The van der Waals surface area contributed by atoms with Gasteiger partial charge in [0.2, 0.25) is 0 Å². The van der Waals surface area contributed by atoms with Crippen LogP contribution in [0.2, 0.25) is 0 Å². The fourth-order valence-electron chi connectivity index (χ4n) is 3.97. The van der Waals surface area contributed by atoms with Gasteiger partial charge in [-0.05, 0) is 48.0 Å². The van der Waals surface area contributed by atoms with Gasteiger partial charge in [-0.1, -0.05) is 64.1 Å². The van der Waals surface area contributed by atoms with E-state index >= 15 is 0 Å². The summed E-state index contributed by atoms with van der Waals surface area (Å²) >= 11 is 2.62. The molecule has 0 saturated heterocycles. The lowest BCUT2D eigenvalue weighted by atomic mass is 9.73. The monoisotopic (exact) mass is 351 g/mol. The fourth-order valence-corrected chi connectivity index (χ4v) is 4.81. The van der Waals surface area contributed by atoms with Gasteiger partial charge in [0, 0.05) is 3.92 Å². The minimum absolute atomic E-state index is 0.484. The van der Waals surface area contributed by atoms with Crippen LogP contribution in [0.5, 0.6) is 0 Å². The van der Waals surface area contributed by atoms with Crippen LogP contribution in [0.25, 0.3) is 0 Å². The normalized spacial score (nSPS) is 40.2. The first-order valence-electron chi connectivity index (χ1n) is 7.09. The molecule has 0 bridgehead atoms. The molecule has 0 aromatic carbocycles. The Kier molecular flexibility index (Phi) is 5.34. The van der Waals surface area contributed by atoms with Crippen LogP contribution in [0.15, 0.2) is 0 Å². The van der Waals surface area contributed by atoms with Crippen molar-refractivity contribution in [2.24, 2.45) is 40.7 Å². The van der Waals surface area contributed by atoms with E-state index < -0.39 is 0 Å². The number of rotatable bonds is 4. The lowest BCUT2D eigenvalue weighted by Gasteiger charge is -2.34. The van der Waals surface area contributed by atoms with Crippen molar-refractivity contribution >= 4 is 22.6 Å². The first kappa shape index (κ1) is 15.7. The zero-order chi connectivity index (χ0) is 13.4. The van der Waals surface area contributed by atoms with E-state index in [0.717, 1.165) is 46.5 Å². The van der Waals surface area contributed by atoms with Crippen LogP contribution in [0, 0.1) is 35.0 Å². The van der Waals surface area contributed by atoms with Gasteiger partial charge in [0.1, 0.15) is 0 Å². The molecule has 1 nitrogen and oxygen atoms in total. The Hall–Kier alpha value is 0.690. The molecule has 102 valence electrons. The number of hydrogen-bond donors (Lipinski definition) is 1. The van der Waals surface area contributed by atoms with Crippen molar-refractivity contribution in [1.29, 1.82) is 0 Å². The molecule has 2 N–H and O–H groups in total. The van der Waals surface area contributed by atoms with Crippen LogP contribution in [-0.2, 0) is 0 Å². The standard InChI is InChI=1S/C15H30IN/c1-9-11(3)15(5,6)12(4)14(9)10(2)13(16)7-8-17/h9-14H,7-8,17H2,1-6H3/t9?,10-,11?,12+,13?,14+/m0/s1. The molecule has 3 unspecified atom stereocenters. The maximum atomic E-state index is 5.71. The molecule has 1 aliphatic carbocycles. The average molecular weight is 351 g/mol. The van der Waals surface area contributed by atoms with Crippen molar-refractivity contribution < 1.29 is 0 Å². The highest BCUT2D eigenvalue weighted by Gasteiger charge is 2.51. The Labute approximate surface area is 121 Å². The smallest absolute Gasteiger partial charge is 0.0150 e. The Balaban J connectivity index is 2.84. The van der Waals surface area contributed by atoms with E-state index in [1.165, 1.54) is 0 Å². The largest absolute Gasteiger partial charge is 0.330 e. The van der Waals surface area contributed by atoms with Gasteiger partial charge in [-0.2, -0.15) is 0 Å². The SMILES string of the molecule is CC1C(C)C(C)(C)[C@H](C)[C@H]1[C@@H](C)C(I)CCN. The molecule has 6 atom stereocenters. The molecule has 0 spiro atoms. The van der Waals surface area contributed by atoms with E-state index in [9.17, 15) is 0 Å². The Bertz CT molecular complexity index is 251. The Morgan fingerprint density at radius 3 is 2.06 bits per heavy atom. The molecule has 1 aliphatic rings. The van der Waals surface area contributed by atoms with E-state index in [1.807, 2.05) is 0 Å². The van der Waals surface area contributed by atoms with Crippen molar-refractivity contribution in [3.05, 3.63) is 0 Å². The second-order valence-electron chi connectivity index (χ2n) is 6.79. The van der Waals surface area contributed by atoms with Gasteiger partial charge in [-0.25, -0.2) is 0 Å². The summed E-state index contributed by atoms with van der Waals surface area (Å²) in [5.74, 6) is 4.12. The summed E-state index contributed by atoms with van der Waals surface area (Å²) in [6, 6.07) is 0. The molecule has 0 aliphatic heterocycles. The van der Waals surface area contributed by atoms with Gasteiger partial charge in [0.05, 0.1) is 0 Å². The van der Waals surface area contributed by atoms with Crippen molar-refractivity contribution in [3.8, 4) is 0 Å². The second kappa shape index (κ2) is 5.77. The van der Waals surface area contributed by atoms with Crippen LogP contribution in [0.4, 0.5) is 0 Å². The summed E-state index contributed by atoms with van der Waals surface area (Å²) in [7, 11) is 0. The summed E-state index contributed by atoms with van der Waals surface area (Å²) in [6.45, 7) is 15.5. The number of alkyl halides is 1. The third-order valence-corrected chi connectivity index (χ3v) is 7.70. The van der Waals surface area contributed by atoms with E-state index in [2.05, 4.69) is 64.1 Å². The zero-order valence-electron chi connectivity index (χ0n) is 12.3. The van der Waals surface area contributed by atoms with E-state index in [1.54, 1.807) is 0 Å². The van der Waals surface area contributed by atoms with Crippen LogP contribution in [0.1, 0.15) is 48.0 Å². The predicted molar refractivity (Wildman–Crippen MR) is 85.4 cm³/mol. The van der Waals surface area contributed by atoms with Crippen molar-refractivity contribution in [2.45, 2.75) is 51.9 Å². The molecule has 1 rings (SSSR count). The van der Waals surface area contributed by atoms with Crippen molar-refractivity contribution in [2.75, 3.05) is 6.54 Å². The second-order valence-corrected chi connectivity index (χ2v) is 8.39. The molecule has 0 heterocycles. The van der Waals surface area contributed by atoms with E-state index in [0.29, 0.717) is 5.41 Å². The fraction of sp³-hybridized carbons (Fsp3) is 1.00. The molecule has 0 radical (unpaired) electrons. The molecule has 17 heavy (non-hydrogen) atoms. The van der Waals surface area contributed by atoms with E-state index in [-0.39, 0.29) is 0 Å². The maximum absolute atomic E-state index is 5.71. The molecule has 1 saturated carbocycles. The molecule has 2 heteroatoms. The minimum atomic E-state index is 0.484. The van der Waals surface area contributed by atoms with Crippen molar-refractivity contribution in [1.82, 2.24) is 0 Å². The lowest BCUT2D eigenvalue weighted by molar-refractivity contribution is 0.173. The number of halogens is 1. The van der Waals surface area contributed by atoms with Gasteiger partial charge >= 0.3 is 0 Å². The highest BCUT2D eigenvalue weighted by Crippen LogP contribution is 2.56. The highest BCUT2D eigenvalue weighted by molar-refractivity contribution is 14.1. The summed E-state index contributed by atoms with van der Waals surface area (Å²) in [5, 5.41) is 0. The van der Waals surface area contributed by atoms with Crippen LogP contribution in [-0.4, -0.2) is 10.5 Å². The van der Waals surface area contributed by atoms with Crippen LogP contribution < -0.4 is 5.73 Å². The predicted octanol–water partition coefficient (Wildman–Crippen LogP) is 4.34. The summed E-state index contributed by atoms with van der Waals surface area (Å²) in [6.07, 6.45) is 1.16. The number of nitrogens with two attached hydrogens (primary N) is 1. The topological polar surface area (TPSA) is 26.0 Å². The van der Waals surface area contributed by atoms with Crippen molar-refractivity contribution in [3.63, 3.8) is 0 Å². The zero-order valence-corrected chi connectivity index (χ0v) is 14.5. The van der Waals surface area contributed by atoms with Gasteiger partial charge in [0.25, 0.3) is 0 Å².